The second kappa shape index (κ2) is 8.53. The summed E-state index contributed by atoms with van der Waals surface area (Å²) in [6.07, 6.45) is -0.129. The Morgan fingerprint density at radius 1 is 1.00 bits per heavy atom. The maximum Gasteiger partial charge on any atom is 0.233 e. The van der Waals surface area contributed by atoms with Crippen molar-refractivity contribution in [2.75, 3.05) is 38.3 Å². The van der Waals surface area contributed by atoms with E-state index in [1.807, 2.05) is 49.4 Å². The average Bonchev–Trinajstić information content (AvgIpc) is 3.16. The second-order valence-electron chi connectivity index (χ2n) is 7.44. The Labute approximate surface area is 170 Å². The molecule has 0 aromatic heterocycles. The number of hydrogen-bond acceptors (Lipinski definition) is 5. The first-order chi connectivity index (χ1) is 14.1. The molecule has 152 valence electrons. The Hall–Kier alpha value is -3.06. The average molecular weight is 395 g/mol. The van der Waals surface area contributed by atoms with Crippen molar-refractivity contribution in [1.29, 1.82) is 0 Å². The van der Waals surface area contributed by atoms with Gasteiger partial charge in [0, 0.05) is 38.4 Å². The molecular formula is C22H25N3O4. The highest BCUT2D eigenvalue weighted by atomic mass is 16.7. The maximum atomic E-state index is 12.5. The van der Waals surface area contributed by atoms with Gasteiger partial charge in [0.05, 0.1) is 0 Å². The highest BCUT2D eigenvalue weighted by Gasteiger charge is 2.23. The fraction of sp³-hybridized carbons (Fsp3) is 0.364. The molecule has 7 heteroatoms. The van der Waals surface area contributed by atoms with E-state index in [2.05, 4.69) is 10.2 Å². The first kappa shape index (κ1) is 19.3. The summed E-state index contributed by atoms with van der Waals surface area (Å²) >= 11 is 0. The number of aryl methyl sites for hydroxylation is 1. The van der Waals surface area contributed by atoms with E-state index < -0.39 is 0 Å². The normalized spacial score (nSPS) is 16.0. The van der Waals surface area contributed by atoms with E-state index in [1.165, 1.54) is 0 Å². The van der Waals surface area contributed by atoms with Crippen LogP contribution in [0.3, 0.4) is 0 Å². The van der Waals surface area contributed by atoms with Gasteiger partial charge in [-0.05, 0) is 42.3 Å². The predicted molar refractivity (Wildman–Crippen MR) is 109 cm³/mol. The summed E-state index contributed by atoms with van der Waals surface area (Å²) in [5.74, 6) is 1.17. The van der Waals surface area contributed by atoms with Crippen molar-refractivity contribution in [3.8, 4) is 11.5 Å². The minimum atomic E-state index is -0.275. The Balaban J connectivity index is 1.23. The summed E-state index contributed by atoms with van der Waals surface area (Å²) in [5.41, 5.74) is 2.94. The Morgan fingerprint density at radius 3 is 2.59 bits per heavy atom. The fourth-order valence-corrected chi connectivity index (χ4v) is 3.63. The van der Waals surface area contributed by atoms with E-state index in [1.54, 1.807) is 4.90 Å². The summed E-state index contributed by atoms with van der Waals surface area (Å²) in [6.45, 7) is 5.84. The van der Waals surface area contributed by atoms with Crippen molar-refractivity contribution in [3.63, 3.8) is 0 Å². The number of hydrogen-bond donors (Lipinski definition) is 1. The molecule has 2 aliphatic rings. The van der Waals surface area contributed by atoms with Crippen LogP contribution in [0, 0.1) is 6.92 Å². The Bertz CT molecular complexity index is 907. The zero-order valence-corrected chi connectivity index (χ0v) is 16.5. The molecule has 0 saturated carbocycles. The predicted octanol–water partition coefficient (Wildman–Crippen LogP) is 2.40. The lowest BCUT2D eigenvalue weighted by atomic mass is 10.1. The number of carbonyl (C=O) groups is 2. The number of anilines is 1. The van der Waals surface area contributed by atoms with Crippen LogP contribution in [-0.4, -0.2) is 54.6 Å². The monoisotopic (exact) mass is 395 g/mol. The van der Waals surface area contributed by atoms with Crippen LogP contribution < -0.4 is 14.8 Å². The van der Waals surface area contributed by atoms with Gasteiger partial charge in [-0.1, -0.05) is 18.2 Å². The van der Waals surface area contributed by atoms with Gasteiger partial charge in [-0.3, -0.25) is 14.5 Å². The number of carbonyl (C=O) groups excluding carboxylic acids is 2. The number of nitrogens with one attached hydrogen (secondary N) is 1. The Morgan fingerprint density at radius 2 is 1.79 bits per heavy atom. The third kappa shape index (κ3) is 4.86. The van der Waals surface area contributed by atoms with Gasteiger partial charge in [0.1, 0.15) is 6.42 Å². The number of piperazine rings is 1. The number of ether oxygens (including phenoxy) is 2. The molecule has 2 amide bonds. The summed E-state index contributed by atoms with van der Waals surface area (Å²) in [7, 11) is 0. The number of nitrogens with zero attached hydrogens (tertiary/aromatic N) is 2. The first-order valence-electron chi connectivity index (χ1n) is 9.82. The molecule has 0 aliphatic carbocycles. The third-order valence-corrected chi connectivity index (χ3v) is 5.18. The van der Waals surface area contributed by atoms with E-state index in [-0.39, 0.29) is 25.0 Å². The molecule has 1 fully saturated rings. The van der Waals surface area contributed by atoms with Crippen LogP contribution in [0.5, 0.6) is 11.5 Å². The summed E-state index contributed by atoms with van der Waals surface area (Å²) in [4.78, 5) is 28.7. The number of fused-ring (bicyclic) bond motifs is 1. The maximum absolute atomic E-state index is 12.5. The standard InChI is InChI=1S/C22H25N3O4/c1-16-3-2-4-18(11-16)23-21(26)13-22(27)25-9-7-24(8-10-25)14-17-5-6-19-20(12-17)29-15-28-19/h2-6,11-12H,7-10,13-15H2,1H3,(H,23,26). The van der Waals surface area contributed by atoms with Gasteiger partial charge < -0.3 is 19.7 Å². The van der Waals surface area contributed by atoms with Crippen LogP contribution >= 0.6 is 0 Å². The summed E-state index contributed by atoms with van der Waals surface area (Å²) in [5, 5.41) is 2.80. The van der Waals surface area contributed by atoms with E-state index in [0.29, 0.717) is 13.1 Å². The summed E-state index contributed by atoms with van der Waals surface area (Å²) in [6, 6.07) is 13.5. The van der Waals surface area contributed by atoms with Crippen LogP contribution in [0.1, 0.15) is 17.5 Å². The fourth-order valence-electron chi connectivity index (χ4n) is 3.63. The van der Waals surface area contributed by atoms with Crippen molar-refractivity contribution in [2.45, 2.75) is 19.9 Å². The minimum absolute atomic E-state index is 0.127. The highest BCUT2D eigenvalue weighted by molar-refractivity contribution is 6.03. The van der Waals surface area contributed by atoms with E-state index in [9.17, 15) is 9.59 Å². The number of amides is 2. The van der Waals surface area contributed by atoms with E-state index >= 15 is 0 Å². The molecule has 7 nitrogen and oxygen atoms in total. The van der Waals surface area contributed by atoms with Crippen molar-refractivity contribution in [1.82, 2.24) is 9.80 Å². The molecular weight excluding hydrogens is 370 g/mol. The van der Waals surface area contributed by atoms with Gasteiger partial charge in [0.2, 0.25) is 18.6 Å². The zero-order valence-electron chi connectivity index (χ0n) is 16.5. The molecule has 1 saturated heterocycles. The second-order valence-corrected chi connectivity index (χ2v) is 7.44. The van der Waals surface area contributed by atoms with E-state index in [4.69, 9.17) is 9.47 Å². The van der Waals surface area contributed by atoms with Crippen molar-refractivity contribution in [3.05, 3.63) is 53.6 Å². The third-order valence-electron chi connectivity index (χ3n) is 5.18. The zero-order chi connectivity index (χ0) is 20.2. The van der Waals surface area contributed by atoms with Gasteiger partial charge >= 0.3 is 0 Å². The van der Waals surface area contributed by atoms with Crippen molar-refractivity contribution in [2.24, 2.45) is 0 Å². The smallest absolute Gasteiger partial charge is 0.233 e. The minimum Gasteiger partial charge on any atom is -0.454 e. The summed E-state index contributed by atoms with van der Waals surface area (Å²) < 4.78 is 10.8. The molecule has 0 radical (unpaired) electrons. The molecule has 4 rings (SSSR count). The van der Waals surface area contributed by atoms with Gasteiger partial charge in [-0.2, -0.15) is 0 Å². The molecule has 0 unspecified atom stereocenters. The van der Waals surface area contributed by atoms with Gasteiger partial charge in [-0.25, -0.2) is 0 Å². The quantitative estimate of drug-likeness (QED) is 0.788. The van der Waals surface area contributed by atoms with E-state index in [0.717, 1.165) is 47.9 Å². The van der Waals surface area contributed by atoms with Gasteiger partial charge in [0.25, 0.3) is 0 Å². The van der Waals surface area contributed by atoms with Crippen LogP contribution in [0.4, 0.5) is 5.69 Å². The topological polar surface area (TPSA) is 71.1 Å². The molecule has 2 aromatic rings. The number of benzene rings is 2. The molecule has 0 spiro atoms. The van der Waals surface area contributed by atoms with Crippen LogP contribution in [0.25, 0.3) is 0 Å². The lowest BCUT2D eigenvalue weighted by molar-refractivity contribution is -0.136. The molecule has 2 aliphatic heterocycles. The SMILES string of the molecule is Cc1cccc(NC(=O)CC(=O)N2CCN(Cc3ccc4c(c3)OCO4)CC2)c1. The van der Waals surface area contributed by atoms with Crippen LogP contribution in [0.15, 0.2) is 42.5 Å². The molecule has 0 bridgehead atoms. The lowest BCUT2D eigenvalue weighted by Gasteiger charge is -2.34. The molecule has 2 heterocycles. The number of rotatable bonds is 5. The Kier molecular flexibility index (Phi) is 5.67. The lowest BCUT2D eigenvalue weighted by Crippen LogP contribution is -2.48. The molecule has 0 atom stereocenters. The van der Waals surface area contributed by atoms with Crippen molar-refractivity contribution < 1.29 is 19.1 Å². The highest BCUT2D eigenvalue weighted by Crippen LogP contribution is 2.32. The molecule has 29 heavy (non-hydrogen) atoms. The van der Waals surface area contributed by atoms with Crippen LogP contribution in [0.2, 0.25) is 0 Å². The first-order valence-corrected chi connectivity index (χ1v) is 9.82. The van der Waals surface area contributed by atoms with Gasteiger partial charge in [-0.15, -0.1) is 0 Å². The molecule has 1 N–H and O–H groups in total. The van der Waals surface area contributed by atoms with Gasteiger partial charge in [0.15, 0.2) is 11.5 Å². The van der Waals surface area contributed by atoms with Crippen LogP contribution in [-0.2, 0) is 16.1 Å². The van der Waals surface area contributed by atoms with Crippen molar-refractivity contribution >= 4 is 17.5 Å². The largest absolute Gasteiger partial charge is 0.454 e. The molecule has 2 aromatic carbocycles.